The zero-order valence-corrected chi connectivity index (χ0v) is 22.1. The molecule has 11 heteroatoms. The fourth-order valence-corrected chi connectivity index (χ4v) is 6.49. The van der Waals surface area contributed by atoms with Crippen LogP contribution < -0.4 is 14.9 Å². The van der Waals surface area contributed by atoms with Crippen molar-refractivity contribution in [3.8, 4) is 5.13 Å². The zero-order valence-electron chi connectivity index (χ0n) is 19.6. The normalized spacial score (nSPS) is 17.8. The molecule has 2 atom stereocenters. The van der Waals surface area contributed by atoms with Gasteiger partial charge in [-0.05, 0) is 72.9 Å². The SMILES string of the molecule is CS(=O)(=O)Nc1ccc(N2C(=S)N[C@H](c3ccccn3)[C@H]2c2cccn2-c2nc3ccccc3s2)cc1. The van der Waals surface area contributed by atoms with Gasteiger partial charge in [0.25, 0.3) is 0 Å². The predicted octanol–water partition coefficient (Wildman–Crippen LogP) is 5.03. The molecule has 1 aliphatic rings. The standard InChI is InChI=1S/C26H22N6O2S3/c1-37(33,34)30-17-11-13-18(14-12-17)32-24(23(29-25(32)35)20-8-4-5-15-27-20)21-9-6-16-31(21)26-28-19-7-2-3-10-22(19)36-26/h2-16,23-24,30H,1H3,(H,29,35)/t23-,24-/m1/s1. The van der Waals surface area contributed by atoms with Crippen LogP contribution in [0.1, 0.15) is 23.5 Å². The monoisotopic (exact) mass is 546 g/mol. The lowest BCUT2D eigenvalue weighted by Gasteiger charge is -2.28. The molecule has 2 N–H and O–H groups in total. The minimum absolute atomic E-state index is 0.217. The van der Waals surface area contributed by atoms with Crippen molar-refractivity contribution >= 4 is 60.3 Å². The van der Waals surface area contributed by atoms with Crippen molar-refractivity contribution < 1.29 is 8.42 Å². The maximum Gasteiger partial charge on any atom is 0.229 e. The summed E-state index contributed by atoms with van der Waals surface area (Å²) in [5.41, 5.74) is 4.14. The lowest BCUT2D eigenvalue weighted by Crippen LogP contribution is -2.30. The molecule has 2 aromatic carbocycles. The number of thiazole rings is 1. The summed E-state index contributed by atoms with van der Waals surface area (Å²) in [5.74, 6) is 0. The maximum absolute atomic E-state index is 11.7. The Labute approximate surface area is 223 Å². The van der Waals surface area contributed by atoms with E-state index >= 15 is 0 Å². The maximum atomic E-state index is 11.7. The van der Waals surface area contributed by atoms with Gasteiger partial charge in [0.1, 0.15) is 6.04 Å². The number of nitrogens with one attached hydrogen (secondary N) is 2. The third-order valence-electron chi connectivity index (χ3n) is 6.12. The van der Waals surface area contributed by atoms with Crippen LogP contribution in [0.15, 0.2) is 91.3 Å². The van der Waals surface area contributed by atoms with Crippen molar-refractivity contribution in [1.82, 2.24) is 19.9 Å². The van der Waals surface area contributed by atoms with E-state index in [-0.39, 0.29) is 12.1 Å². The van der Waals surface area contributed by atoms with Crippen molar-refractivity contribution in [2.75, 3.05) is 15.9 Å². The van der Waals surface area contributed by atoms with E-state index in [0.29, 0.717) is 10.8 Å². The van der Waals surface area contributed by atoms with E-state index in [1.807, 2.05) is 60.8 Å². The van der Waals surface area contributed by atoms with E-state index in [9.17, 15) is 8.42 Å². The molecule has 186 valence electrons. The molecule has 8 nitrogen and oxygen atoms in total. The van der Waals surface area contributed by atoms with Gasteiger partial charge in [-0.15, -0.1) is 0 Å². The first-order valence-corrected chi connectivity index (χ1v) is 14.6. The lowest BCUT2D eigenvalue weighted by atomic mass is 10.0. The second-order valence-corrected chi connectivity index (χ2v) is 11.8. The van der Waals surface area contributed by atoms with Crippen molar-refractivity contribution in [2.24, 2.45) is 0 Å². The number of anilines is 2. The number of thiocarbonyl (C=S) groups is 1. The highest BCUT2D eigenvalue weighted by Gasteiger charge is 2.42. The molecule has 6 rings (SSSR count). The Kier molecular flexibility index (Phi) is 5.90. The predicted molar refractivity (Wildman–Crippen MR) is 152 cm³/mol. The second-order valence-electron chi connectivity index (χ2n) is 8.68. The van der Waals surface area contributed by atoms with Gasteiger partial charge in [-0.25, -0.2) is 13.4 Å². The van der Waals surface area contributed by atoms with Gasteiger partial charge in [0, 0.05) is 23.8 Å². The Hall–Kier alpha value is -3.80. The average Bonchev–Trinajstić information content (AvgIpc) is 3.60. The Morgan fingerprint density at radius 3 is 2.51 bits per heavy atom. The number of sulfonamides is 1. The fraction of sp³-hybridized carbons (Fsp3) is 0.115. The van der Waals surface area contributed by atoms with Crippen LogP contribution in [0.3, 0.4) is 0 Å². The molecule has 0 bridgehead atoms. The fourth-order valence-electron chi connectivity index (χ4n) is 4.61. The number of fused-ring (bicyclic) bond motifs is 1. The first kappa shape index (κ1) is 23.6. The highest BCUT2D eigenvalue weighted by atomic mass is 32.2. The molecule has 37 heavy (non-hydrogen) atoms. The first-order valence-electron chi connectivity index (χ1n) is 11.5. The minimum atomic E-state index is -3.38. The topological polar surface area (TPSA) is 92.2 Å². The van der Waals surface area contributed by atoms with Crippen LogP contribution in [0, 0.1) is 0 Å². The van der Waals surface area contributed by atoms with Crippen LogP contribution in [0.4, 0.5) is 11.4 Å². The van der Waals surface area contributed by atoms with Crippen molar-refractivity contribution in [1.29, 1.82) is 0 Å². The van der Waals surface area contributed by atoms with Gasteiger partial charge in [-0.2, -0.15) is 0 Å². The number of aromatic nitrogens is 3. The molecule has 0 spiro atoms. The summed E-state index contributed by atoms with van der Waals surface area (Å²) < 4.78 is 29.1. The van der Waals surface area contributed by atoms with E-state index in [1.165, 1.54) is 0 Å². The Morgan fingerprint density at radius 2 is 1.78 bits per heavy atom. The number of para-hydroxylation sites is 1. The van der Waals surface area contributed by atoms with Crippen LogP contribution in [0.25, 0.3) is 15.3 Å². The van der Waals surface area contributed by atoms with Crippen molar-refractivity contribution in [3.63, 3.8) is 0 Å². The van der Waals surface area contributed by atoms with Crippen molar-refractivity contribution in [2.45, 2.75) is 12.1 Å². The largest absolute Gasteiger partial charge is 0.351 e. The summed E-state index contributed by atoms with van der Waals surface area (Å²) in [5, 5.41) is 4.89. The quantitative estimate of drug-likeness (QED) is 0.289. The molecule has 1 aliphatic heterocycles. The van der Waals surface area contributed by atoms with E-state index in [0.717, 1.165) is 38.7 Å². The Bertz CT molecular complexity index is 1660. The summed E-state index contributed by atoms with van der Waals surface area (Å²) in [6, 6.07) is 24.7. The van der Waals surface area contributed by atoms with E-state index in [4.69, 9.17) is 17.2 Å². The number of nitrogens with zero attached hydrogens (tertiary/aromatic N) is 4. The first-order chi connectivity index (χ1) is 17.9. The van der Waals surface area contributed by atoms with Gasteiger partial charge < -0.3 is 10.2 Å². The molecule has 0 aliphatic carbocycles. The molecule has 0 radical (unpaired) electrons. The van der Waals surface area contributed by atoms with Crippen LogP contribution >= 0.6 is 23.6 Å². The number of benzene rings is 2. The van der Waals surface area contributed by atoms with Crippen LogP contribution in [-0.4, -0.2) is 34.3 Å². The molecule has 4 heterocycles. The molecular weight excluding hydrogens is 525 g/mol. The van der Waals surface area contributed by atoms with Gasteiger partial charge in [-0.3, -0.25) is 14.3 Å². The molecule has 5 aromatic rings. The van der Waals surface area contributed by atoms with Crippen LogP contribution in [0.2, 0.25) is 0 Å². The van der Waals surface area contributed by atoms with E-state index in [1.54, 1.807) is 29.7 Å². The molecule has 0 saturated carbocycles. The highest BCUT2D eigenvalue weighted by molar-refractivity contribution is 7.92. The number of rotatable bonds is 6. The smallest absolute Gasteiger partial charge is 0.229 e. The van der Waals surface area contributed by atoms with Gasteiger partial charge in [0.05, 0.1) is 33.9 Å². The molecule has 0 unspecified atom stereocenters. The summed E-state index contributed by atoms with van der Waals surface area (Å²) in [6.45, 7) is 0. The summed E-state index contributed by atoms with van der Waals surface area (Å²) in [7, 11) is -3.38. The van der Waals surface area contributed by atoms with Gasteiger partial charge in [0.2, 0.25) is 10.0 Å². The summed E-state index contributed by atoms with van der Waals surface area (Å²) >= 11 is 7.47. The Balaban J connectivity index is 1.46. The number of hydrogen-bond donors (Lipinski definition) is 2. The molecule has 0 amide bonds. The van der Waals surface area contributed by atoms with Gasteiger partial charge in [0.15, 0.2) is 10.2 Å². The van der Waals surface area contributed by atoms with Crippen molar-refractivity contribution in [3.05, 3.63) is 103 Å². The van der Waals surface area contributed by atoms with Crippen LogP contribution in [0.5, 0.6) is 0 Å². The third-order valence-corrected chi connectivity index (χ3v) is 8.08. The third kappa shape index (κ3) is 4.57. The van der Waals surface area contributed by atoms with E-state index in [2.05, 4.69) is 36.6 Å². The second kappa shape index (κ2) is 9.25. The van der Waals surface area contributed by atoms with Gasteiger partial charge in [-0.1, -0.05) is 29.5 Å². The lowest BCUT2D eigenvalue weighted by molar-refractivity contribution is 0.549. The van der Waals surface area contributed by atoms with Crippen LogP contribution in [-0.2, 0) is 10.0 Å². The molecule has 1 fully saturated rings. The number of hydrogen-bond acceptors (Lipinski definition) is 6. The summed E-state index contributed by atoms with van der Waals surface area (Å²) in [6.07, 6.45) is 4.92. The zero-order chi connectivity index (χ0) is 25.6. The molecule has 1 saturated heterocycles. The average molecular weight is 547 g/mol. The summed E-state index contributed by atoms with van der Waals surface area (Å²) in [4.78, 5) is 11.6. The van der Waals surface area contributed by atoms with E-state index < -0.39 is 10.0 Å². The molecular formula is C26H22N6O2S3. The van der Waals surface area contributed by atoms with Gasteiger partial charge >= 0.3 is 0 Å². The highest BCUT2D eigenvalue weighted by Crippen LogP contribution is 2.43. The minimum Gasteiger partial charge on any atom is -0.351 e. The molecule has 3 aromatic heterocycles. The number of pyridine rings is 1. The Morgan fingerprint density at radius 1 is 1.00 bits per heavy atom.